The van der Waals surface area contributed by atoms with Crippen molar-refractivity contribution in [2.24, 2.45) is 0 Å². The van der Waals surface area contributed by atoms with Crippen molar-refractivity contribution in [1.82, 2.24) is 40.4 Å². The van der Waals surface area contributed by atoms with Gasteiger partial charge in [-0.25, -0.2) is 28.3 Å². The molecule has 3 aliphatic rings. The van der Waals surface area contributed by atoms with Crippen molar-refractivity contribution in [3.63, 3.8) is 0 Å². The molecule has 0 bridgehead atoms. The third-order valence-electron chi connectivity index (χ3n) is 11.1. The topological polar surface area (TPSA) is 178 Å². The zero-order valence-electron chi connectivity index (χ0n) is 33.7. The van der Waals surface area contributed by atoms with Crippen molar-refractivity contribution in [1.29, 1.82) is 0 Å². The molecule has 3 atom stereocenters. The molecule has 0 spiro atoms. The molecule has 0 saturated carbocycles. The number of alkyl carbamates (subject to hydrolysis) is 2. The fourth-order valence-electron chi connectivity index (χ4n) is 8.32. The van der Waals surface area contributed by atoms with Crippen LogP contribution >= 0.6 is 0 Å². The lowest BCUT2D eigenvalue weighted by Gasteiger charge is -2.33. The molecule has 2 aromatic heterocycles. The summed E-state index contributed by atoms with van der Waals surface area (Å²) >= 11 is 0. The van der Waals surface area contributed by atoms with Gasteiger partial charge in [-0.2, -0.15) is 0 Å². The highest BCUT2D eigenvalue weighted by molar-refractivity contribution is 5.87. The van der Waals surface area contributed by atoms with E-state index in [1.54, 1.807) is 65.9 Å². The molecule has 4 N–H and O–H groups in total. The van der Waals surface area contributed by atoms with Crippen molar-refractivity contribution in [3.8, 4) is 11.3 Å². The second kappa shape index (κ2) is 17.5. The second-order valence-electron chi connectivity index (χ2n) is 16.2. The Hall–Kier alpha value is -6.00. The number of amides is 4. The van der Waals surface area contributed by atoms with Crippen LogP contribution in [0.25, 0.3) is 11.3 Å². The molecule has 0 aliphatic carbocycles. The van der Waals surface area contributed by atoms with E-state index in [0.29, 0.717) is 74.8 Å². The number of benzene rings is 2. The number of anilines is 1. The van der Waals surface area contributed by atoms with Gasteiger partial charge in [-0.15, -0.1) is 0 Å². The summed E-state index contributed by atoms with van der Waals surface area (Å²) in [4.78, 5) is 72.1. The zero-order chi connectivity index (χ0) is 41.8. The quantitative estimate of drug-likeness (QED) is 0.141. The van der Waals surface area contributed by atoms with Crippen LogP contribution in [0.2, 0.25) is 0 Å². The number of hydrogen-bond acceptors (Lipinski definition) is 9. The molecular formula is C42H51F2N9O6. The number of nitrogens with zero attached hydrogens (tertiary/aromatic N) is 5. The predicted octanol–water partition coefficient (Wildman–Crippen LogP) is 6.41. The minimum absolute atomic E-state index is 0.0851. The summed E-state index contributed by atoms with van der Waals surface area (Å²) in [5, 5.41) is 5.19. The van der Waals surface area contributed by atoms with Gasteiger partial charge < -0.3 is 44.8 Å². The van der Waals surface area contributed by atoms with E-state index in [4.69, 9.17) is 9.47 Å². The van der Waals surface area contributed by atoms with Crippen molar-refractivity contribution in [2.45, 2.75) is 88.9 Å². The summed E-state index contributed by atoms with van der Waals surface area (Å²) in [7, 11) is 1.23. The molecule has 7 rings (SSSR count). The standard InChI is InChI=1S/C42H51F2N9O6/c1-42(2,3)59-40(56)47-24-34(54)52-16-8-12-32(52)37-45-22-30(48-37)25-14-18-51(19-15-25)36-28(43)20-27(21-29(36)44)31-23-46-38(49-31)33-13-9-17-53(33)39(55)35(50-41(57)58-4)26-10-6-5-7-11-26/h5-7,10-11,20-23,25,32-33,35H,8-9,12-19,24H2,1-4H3,(H,45,48)(H,46,49)(H,47,56)(H,50,57)/t32-,33-,35?/m0/s1. The number of likely N-dealkylation sites (tertiary alicyclic amines) is 2. The van der Waals surface area contributed by atoms with Crippen LogP contribution in [0.15, 0.2) is 54.9 Å². The molecule has 2 aromatic carbocycles. The molecule has 3 fully saturated rings. The van der Waals surface area contributed by atoms with Gasteiger partial charge in [0.15, 0.2) is 0 Å². The Morgan fingerprint density at radius 3 is 2.14 bits per heavy atom. The van der Waals surface area contributed by atoms with E-state index in [9.17, 15) is 19.2 Å². The van der Waals surface area contributed by atoms with Gasteiger partial charge in [-0.05, 0) is 77.0 Å². The molecule has 17 heteroatoms. The largest absolute Gasteiger partial charge is 0.453 e. The number of H-pyrrole nitrogens is 2. The fourth-order valence-corrected chi connectivity index (χ4v) is 8.32. The normalized spacial score (nSPS) is 19.1. The third-order valence-corrected chi connectivity index (χ3v) is 11.1. The molecule has 15 nitrogen and oxygen atoms in total. The monoisotopic (exact) mass is 815 g/mol. The molecule has 3 aliphatic heterocycles. The molecule has 1 unspecified atom stereocenters. The van der Waals surface area contributed by atoms with Crippen molar-refractivity contribution >= 4 is 29.7 Å². The third kappa shape index (κ3) is 9.34. The maximum Gasteiger partial charge on any atom is 0.408 e. The molecule has 59 heavy (non-hydrogen) atoms. The van der Waals surface area contributed by atoms with Crippen LogP contribution in [0, 0.1) is 11.6 Å². The first kappa shape index (κ1) is 41.2. The van der Waals surface area contributed by atoms with Gasteiger partial charge in [-0.3, -0.25) is 9.59 Å². The van der Waals surface area contributed by atoms with Crippen LogP contribution in [-0.4, -0.2) is 99.2 Å². The van der Waals surface area contributed by atoms with Crippen LogP contribution in [-0.2, 0) is 19.1 Å². The Kier molecular flexibility index (Phi) is 12.2. The average molecular weight is 816 g/mol. The predicted molar refractivity (Wildman–Crippen MR) is 213 cm³/mol. The molecule has 5 heterocycles. The number of aromatic nitrogens is 4. The summed E-state index contributed by atoms with van der Waals surface area (Å²) in [5.74, 6) is -0.679. The summed E-state index contributed by atoms with van der Waals surface area (Å²) in [6.45, 7) is 6.93. The summed E-state index contributed by atoms with van der Waals surface area (Å²) in [6.07, 6.45) is 6.05. The number of imidazole rings is 2. The van der Waals surface area contributed by atoms with Crippen LogP contribution < -0.4 is 15.5 Å². The van der Waals surface area contributed by atoms with E-state index in [1.165, 1.54) is 25.4 Å². The first-order chi connectivity index (χ1) is 28.3. The SMILES string of the molecule is COC(=O)NC(C(=O)N1CCC[C@H]1c1ncc(-c2cc(F)c(N3CCC(c4cnc([C@@H]5CCCN5C(=O)CNC(=O)OC(C)(C)C)[nH]4)CC3)c(F)c2)[nH]1)c1ccccc1. The van der Waals surface area contributed by atoms with Crippen molar-refractivity contribution in [3.05, 3.63) is 89.4 Å². The van der Waals surface area contributed by atoms with Crippen LogP contribution in [0.1, 0.15) is 106 Å². The maximum absolute atomic E-state index is 15.8. The molecule has 314 valence electrons. The Morgan fingerprint density at radius 2 is 1.47 bits per heavy atom. The Morgan fingerprint density at radius 1 is 0.847 bits per heavy atom. The highest BCUT2D eigenvalue weighted by Crippen LogP contribution is 2.38. The first-order valence-corrected chi connectivity index (χ1v) is 20.1. The van der Waals surface area contributed by atoms with Gasteiger partial charge in [0.1, 0.15) is 47.2 Å². The number of methoxy groups -OCH3 is 1. The molecule has 4 amide bonds. The molecule has 3 saturated heterocycles. The van der Waals surface area contributed by atoms with Crippen LogP contribution in [0.3, 0.4) is 0 Å². The number of piperidine rings is 1. The van der Waals surface area contributed by atoms with E-state index < -0.39 is 41.5 Å². The van der Waals surface area contributed by atoms with Gasteiger partial charge in [-0.1, -0.05) is 30.3 Å². The number of aromatic amines is 2. The Labute approximate surface area is 341 Å². The number of nitrogens with one attached hydrogen (secondary N) is 4. The van der Waals surface area contributed by atoms with Crippen molar-refractivity contribution in [2.75, 3.05) is 44.7 Å². The van der Waals surface area contributed by atoms with E-state index >= 15 is 8.78 Å². The Balaban J connectivity index is 0.970. The number of hydrogen-bond donors (Lipinski definition) is 4. The van der Waals surface area contributed by atoms with E-state index in [0.717, 1.165) is 18.5 Å². The number of carbonyl (C=O) groups is 4. The molecule has 4 aromatic rings. The lowest BCUT2D eigenvalue weighted by molar-refractivity contribution is -0.134. The second-order valence-corrected chi connectivity index (χ2v) is 16.2. The zero-order valence-corrected chi connectivity index (χ0v) is 33.7. The van der Waals surface area contributed by atoms with Gasteiger partial charge in [0.2, 0.25) is 5.91 Å². The number of rotatable bonds is 10. The van der Waals surface area contributed by atoms with Gasteiger partial charge in [0.25, 0.3) is 5.91 Å². The van der Waals surface area contributed by atoms with E-state index in [2.05, 4.69) is 30.6 Å². The first-order valence-electron chi connectivity index (χ1n) is 20.1. The van der Waals surface area contributed by atoms with Crippen molar-refractivity contribution < 1.29 is 37.4 Å². The summed E-state index contributed by atoms with van der Waals surface area (Å²) < 4.78 is 41.7. The lowest BCUT2D eigenvalue weighted by atomic mass is 9.93. The maximum atomic E-state index is 15.8. The highest BCUT2D eigenvalue weighted by atomic mass is 19.1. The number of ether oxygens (including phenoxy) is 2. The van der Waals surface area contributed by atoms with Gasteiger partial charge >= 0.3 is 12.2 Å². The molecule has 0 radical (unpaired) electrons. The minimum Gasteiger partial charge on any atom is -0.453 e. The lowest BCUT2D eigenvalue weighted by Crippen LogP contribution is -2.42. The van der Waals surface area contributed by atoms with E-state index in [-0.39, 0.29) is 41.6 Å². The van der Waals surface area contributed by atoms with Gasteiger partial charge in [0, 0.05) is 49.6 Å². The molecular weight excluding hydrogens is 765 g/mol. The number of halogens is 2. The van der Waals surface area contributed by atoms with Gasteiger partial charge in [0.05, 0.1) is 31.1 Å². The average Bonchev–Trinajstić information content (AvgIpc) is 4.05. The van der Waals surface area contributed by atoms with Crippen LogP contribution in [0.4, 0.5) is 24.1 Å². The van der Waals surface area contributed by atoms with Crippen LogP contribution in [0.5, 0.6) is 0 Å². The van der Waals surface area contributed by atoms with E-state index in [1.807, 2.05) is 6.07 Å². The highest BCUT2D eigenvalue weighted by Gasteiger charge is 2.38. The number of carbonyl (C=O) groups excluding carboxylic acids is 4. The summed E-state index contributed by atoms with van der Waals surface area (Å²) in [5.41, 5.74) is 1.45. The smallest absolute Gasteiger partial charge is 0.408 e. The summed E-state index contributed by atoms with van der Waals surface area (Å²) in [6, 6.07) is 9.84. The minimum atomic E-state index is -0.973. The fraction of sp³-hybridized carbons (Fsp3) is 0.476. The Bertz CT molecular complexity index is 2120.